The van der Waals surface area contributed by atoms with Gasteiger partial charge < -0.3 is 0 Å². The second kappa shape index (κ2) is 14.5. The van der Waals surface area contributed by atoms with Gasteiger partial charge >= 0.3 is 300 Å². The fourth-order valence-corrected chi connectivity index (χ4v) is 16.8. The predicted molar refractivity (Wildman–Crippen MR) is 211 cm³/mol. The summed E-state index contributed by atoms with van der Waals surface area (Å²) < 4.78 is 8.99. The van der Waals surface area contributed by atoms with Gasteiger partial charge in [0, 0.05) is 0 Å². The Hall–Kier alpha value is -3.56. The number of benzene rings is 6. The Balaban J connectivity index is 1.25. The van der Waals surface area contributed by atoms with Crippen LogP contribution in [0.4, 0.5) is 0 Å². The van der Waals surface area contributed by atoms with E-state index in [2.05, 4.69) is 173 Å². The summed E-state index contributed by atoms with van der Waals surface area (Å²) in [5.74, 6) is 0. The maximum absolute atomic E-state index is 2.50. The molecule has 0 radical (unpaired) electrons. The molecule has 0 atom stereocenters. The molecular formula is C46H46As2. The molecule has 0 spiro atoms. The third kappa shape index (κ3) is 6.94. The van der Waals surface area contributed by atoms with E-state index in [1.807, 2.05) is 0 Å². The molecule has 0 heterocycles. The van der Waals surface area contributed by atoms with Gasteiger partial charge in [-0.05, 0) is 0 Å². The zero-order valence-electron chi connectivity index (χ0n) is 28.8. The van der Waals surface area contributed by atoms with Crippen LogP contribution in [0.15, 0.2) is 146 Å². The van der Waals surface area contributed by atoms with Gasteiger partial charge in [0.25, 0.3) is 0 Å². The number of hydrogen-bond donors (Lipinski definition) is 0. The molecule has 0 nitrogen and oxygen atoms in total. The molecule has 48 heavy (non-hydrogen) atoms. The zero-order valence-corrected chi connectivity index (χ0v) is 32.5. The van der Waals surface area contributed by atoms with Gasteiger partial charge in [-0.15, -0.1) is 0 Å². The Morgan fingerprint density at radius 3 is 0.792 bits per heavy atom. The van der Waals surface area contributed by atoms with Gasteiger partial charge in [-0.3, -0.25) is 0 Å². The third-order valence-electron chi connectivity index (χ3n) is 10.2. The van der Waals surface area contributed by atoms with E-state index in [0.717, 1.165) is 0 Å². The van der Waals surface area contributed by atoms with Gasteiger partial charge in [0.05, 0.1) is 0 Å². The van der Waals surface area contributed by atoms with Crippen LogP contribution in [-0.4, -0.2) is 29.3 Å². The Kier molecular flexibility index (Phi) is 9.96. The van der Waals surface area contributed by atoms with Crippen molar-refractivity contribution in [2.75, 3.05) is 0 Å². The summed E-state index contributed by atoms with van der Waals surface area (Å²) in [6.45, 7) is 8.74. The summed E-state index contributed by atoms with van der Waals surface area (Å²) >= 11 is -3.36. The van der Waals surface area contributed by atoms with Gasteiger partial charge in [-0.2, -0.15) is 0 Å². The topological polar surface area (TPSA) is 0 Å². The summed E-state index contributed by atoms with van der Waals surface area (Å²) in [5.41, 5.74) is 8.35. The average molecular weight is 749 g/mol. The fourth-order valence-electron chi connectivity index (χ4n) is 7.43. The quantitative estimate of drug-likeness (QED) is 0.145. The van der Waals surface area contributed by atoms with Crippen molar-refractivity contribution in [2.45, 2.75) is 65.2 Å². The molecule has 6 aromatic carbocycles. The molecule has 1 aliphatic rings. The average Bonchev–Trinajstić information content (AvgIpc) is 3.13. The molecular weight excluding hydrogens is 702 g/mol. The predicted octanol–water partition coefficient (Wildman–Crippen LogP) is 7.20. The number of hydrogen-bond acceptors (Lipinski definition) is 0. The minimum atomic E-state index is -1.68. The van der Waals surface area contributed by atoms with Crippen LogP contribution in [0.1, 0.15) is 65.5 Å². The van der Waals surface area contributed by atoms with Crippen molar-refractivity contribution in [2.24, 2.45) is 0 Å². The second-order valence-corrected chi connectivity index (χ2v) is 23.1. The minimum absolute atomic E-state index is 0.0758. The molecule has 7 rings (SSSR count). The van der Waals surface area contributed by atoms with Crippen molar-refractivity contribution in [3.63, 3.8) is 0 Å². The Morgan fingerprint density at radius 2 is 0.542 bits per heavy atom. The van der Waals surface area contributed by atoms with E-state index >= 15 is 0 Å². The van der Waals surface area contributed by atoms with E-state index in [-0.39, 0.29) is 5.41 Å². The third-order valence-corrected chi connectivity index (χ3v) is 20.5. The van der Waals surface area contributed by atoms with Gasteiger partial charge in [0.15, 0.2) is 0 Å². The van der Waals surface area contributed by atoms with Crippen LogP contribution in [0.5, 0.6) is 0 Å². The van der Waals surface area contributed by atoms with Crippen LogP contribution >= 0.6 is 0 Å². The molecule has 1 aliphatic carbocycles. The summed E-state index contributed by atoms with van der Waals surface area (Å²) in [4.78, 5) is 0. The monoisotopic (exact) mass is 748 g/mol. The molecule has 0 amide bonds. The standard InChI is InChI=1S/C46H46As2/c1-34-8-20-40(21-9-34)47(41-22-10-35(2)11-23-41)44-28-16-38(17-29-44)46(32-6-5-7-33-46)39-18-30-45(31-19-39)48(42-24-12-36(3)13-25-42)43-26-14-37(4)15-27-43/h8-31H,5-7,32-33H2,1-4H3. The van der Waals surface area contributed by atoms with Crippen LogP contribution in [0, 0.1) is 27.7 Å². The first-order chi connectivity index (χ1) is 23.4. The molecule has 240 valence electrons. The second-order valence-electron chi connectivity index (χ2n) is 13.7. The van der Waals surface area contributed by atoms with Crippen molar-refractivity contribution < 1.29 is 0 Å². The van der Waals surface area contributed by atoms with Crippen LogP contribution < -0.4 is 26.1 Å². The molecule has 0 saturated heterocycles. The van der Waals surface area contributed by atoms with Gasteiger partial charge in [0.1, 0.15) is 0 Å². The molecule has 2 heteroatoms. The first-order valence-electron chi connectivity index (χ1n) is 17.5. The molecule has 0 aliphatic heterocycles. The van der Waals surface area contributed by atoms with Crippen LogP contribution in [-0.2, 0) is 5.41 Å². The zero-order chi connectivity index (χ0) is 33.1. The molecule has 0 aromatic heterocycles. The Morgan fingerprint density at radius 1 is 0.312 bits per heavy atom. The molecule has 1 fully saturated rings. The maximum atomic E-state index is 2.50. The van der Waals surface area contributed by atoms with Crippen molar-refractivity contribution in [1.29, 1.82) is 0 Å². The van der Waals surface area contributed by atoms with E-state index in [1.165, 1.54) is 91.6 Å². The number of aryl methyl sites for hydroxylation is 4. The number of rotatable bonds is 8. The Labute approximate surface area is 297 Å². The van der Waals surface area contributed by atoms with Crippen molar-refractivity contribution in [3.8, 4) is 0 Å². The van der Waals surface area contributed by atoms with Gasteiger partial charge in [-0.1, -0.05) is 0 Å². The SMILES string of the molecule is Cc1ccc([As](c2ccc(C)cc2)c2ccc(C3(c4ccc([As](c5ccc(C)cc5)c5ccc(C)cc5)cc4)CCCCC3)cc2)cc1. The van der Waals surface area contributed by atoms with Gasteiger partial charge in [0.2, 0.25) is 0 Å². The molecule has 0 bridgehead atoms. The molecule has 0 N–H and O–H groups in total. The summed E-state index contributed by atoms with van der Waals surface area (Å²) in [5, 5.41) is 0. The summed E-state index contributed by atoms with van der Waals surface area (Å²) in [6.07, 6.45) is 6.36. The van der Waals surface area contributed by atoms with Crippen LogP contribution in [0.25, 0.3) is 0 Å². The first kappa shape index (κ1) is 33.0. The molecule has 6 aromatic rings. The van der Waals surface area contributed by atoms with E-state index in [4.69, 9.17) is 0 Å². The summed E-state index contributed by atoms with van der Waals surface area (Å²) in [6, 6.07) is 57.2. The van der Waals surface area contributed by atoms with E-state index in [0.29, 0.717) is 0 Å². The van der Waals surface area contributed by atoms with E-state index in [9.17, 15) is 0 Å². The van der Waals surface area contributed by atoms with Crippen LogP contribution in [0.2, 0.25) is 0 Å². The molecule has 0 unspecified atom stereocenters. The van der Waals surface area contributed by atoms with Crippen molar-refractivity contribution >= 4 is 55.4 Å². The molecule has 1 saturated carbocycles. The van der Waals surface area contributed by atoms with Crippen molar-refractivity contribution in [1.82, 2.24) is 0 Å². The fraction of sp³-hybridized carbons (Fsp3) is 0.217. The van der Waals surface area contributed by atoms with Crippen molar-refractivity contribution in [3.05, 3.63) is 179 Å². The van der Waals surface area contributed by atoms with E-state index in [1.54, 1.807) is 0 Å². The summed E-state index contributed by atoms with van der Waals surface area (Å²) in [7, 11) is 0. The normalized spacial score (nSPS) is 14.4. The Bertz CT molecular complexity index is 1700. The van der Waals surface area contributed by atoms with Crippen LogP contribution in [0.3, 0.4) is 0 Å². The first-order valence-corrected chi connectivity index (χ1v) is 23.1. The van der Waals surface area contributed by atoms with Gasteiger partial charge in [-0.25, -0.2) is 0 Å². The van der Waals surface area contributed by atoms with E-state index < -0.39 is 29.3 Å².